The number of halogens is 3. The van der Waals surface area contributed by atoms with Gasteiger partial charge in [-0.15, -0.1) is 0 Å². The maximum Gasteiger partial charge on any atom is 0.472 e. The Hall–Kier alpha value is -0.670. The van der Waals surface area contributed by atoms with Gasteiger partial charge in [0.25, 0.3) is 0 Å². The van der Waals surface area contributed by atoms with Crippen molar-refractivity contribution in [3.63, 3.8) is 0 Å². The highest BCUT2D eigenvalue weighted by Gasteiger charge is 2.28. The Morgan fingerprint density at radius 3 is 1.95 bits per heavy atom. The number of carbonyl (C=O) groups excluding carboxylic acids is 1. The first kappa shape index (κ1) is 23.6. The highest BCUT2D eigenvalue weighted by Crippen LogP contribution is 2.43. The van der Waals surface area contributed by atoms with E-state index in [-0.39, 0.29) is 13.2 Å². The van der Waals surface area contributed by atoms with Crippen molar-refractivity contribution in [1.82, 2.24) is 0 Å². The Balaban J connectivity index is 0. The summed E-state index contributed by atoms with van der Waals surface area (Å²) in [6, 6.07) is 0. The van der Waals surface area contributed by atoms with E-state index in [1.807, 2.05) is 28.1 Å². The number of aliphatic carboxylic acids is 1. The van der Waals surface area contributed by atoms with Crippen LogP contribution in [0.3, 0.4) is 0 Å². The maximum atomic E-state index is 11.3. The molecule has 0 amide bonds. The summed E-state index contributed by atoms with van der Waals surface area (Å²) in [5.74, 6) is -3.01. The Kier molecular flexibility index (Phi) is 10.9. The number of alkyl halides is 3. The molecular formula is C11H23F3NO6P. The molecule has 1 unspecified atom stereocenters. The number of carbonyl (C=O) groups is 1. The summed E-state index contributed by atoms with van der Waals surface area (Å²) >= 11 is 0. The van der Waals surface area contributed by atoms with Crippen LogP contribution in [0.5, 0.6) is 0 Å². The highest BCUT2D eigenvalue weighted by molar-refractivity contribution is 7.47. The molecule has 0 aromatic heterocycles. The fourth-order valence-electron chi connectivity index (χ4n) is 0.792. The molecule has 0 saturated heterocycles. The Morgan fingerprint density at radius 1 is 1.23 bits per heavy atom. The van der Waals surface area contributed by atoms with E-state index < -0.39 is 20.0 Å². The van der Waals surface area contributed by atoms with Gasteiger partial charge in [0, 0.05) is 0 Å². The molecule has 0 radical (unpaired) electrons. The SMILES string of the molecule is CCCCOP(=O)(O)OCC[N+](C)(C)C.O=C([O-])C(F)(F)F. The van der Waals surface area contributed by atoms with Crippen molar-refractivity contribution >= 4 is 13.8 Å². The number of phosphoric ester groups is 1. The number of carboxylic acid groups (broad SMARTS) is 1. The molecule has 0 spiro atoms. The summed E-state index contributed by atoms with van der Waals surface area (Å²) in [5, 5.41) is 8.78. The largest absolute Gasteiger partial charge is 0.542 e. The average Bonchev–Trinajstić information content (AvgIpc) is 2.26. The van der Waals surface area contributed by atoms with E-state index >= 15 is 0 Å². The number of likely N-dealkylation sites (N-methyl/N-ethyl adjacent to an activating group) is 1. The zero-order valence-corrected chi connectivity index (χ0v) is 13.9. The molecule has 0 fully saturated rings. The summed E-state index contributed by atoms with van der Waals surface area (Å²) in [7, 11) is 2.15. The van der Waals surface area contributed by atoms with Crippen LogP contribution in [0, 0.1) is 0 Å². The number of nitrogens with zero attached hydrogens (tertiary/aromatic N) is 1. The van der Waals surface area contributed by atoms with Crippen LogP contribution in [0.2, 0.25) is 0 Å². The zero-order chi connectivity index (χ0) is 18.0. The van der Waals surface area contributed by atoms with Crippen LogP contribution in [0.15, 0.2) is 0 Å². The second-order valence-electron chi connectivity index (χ2n) is 5.29. The number of phosphoric acid groups is 1. The molecule has 0 aromatic carbocycles. The van der Waals surface area contributed by atoms with Crippen molar-refractivity contribution in [2.75, 3.05) is 40.9 Å². The Morgan fingerprint density at radius 2 is 1.64 bits per heavy atom. The van der Waals surface area contributed by atoms with Crippen LogP contribution in [-0.4, -0.2) is 62.4 Å². The van der Waals surface area contributed by atoms with Crippen LogP contribution in [0.25, 0.3) is 0 Å². The van der Waals surface area contributed by atoms with Gasteiger partial charge in [-0.2, -0.15) is 13.2 Å². The third-order valence-electron chi connectivity index (χ3n) is 2.00. The minimum absolute atomic E-state index is 0.226. The molecular weight excluding hydrogens is 330 g/mol. The molecule has 0 aliphatic heterocycles. The number of rotatable bonds is 8. The first-order valence-corrected chi connectivity index (χ1v) is 7.91. The van der Waals surface area contributed by atoms with E-state index in [2.05, 4.69) is 0 Å². The quantitative estimate of drug-likeness (QED) is 0.396. The van der Waals surface area contributed by atoms with Crippen molar-refractivity contribution < 1.29 is 46.1 Å². The molecule has 0 heterocycles. The van der Waals surface area contributed by atoms with Gasteiger partial charge in [-0.25, -0.2) is 4.57 Å². The third-order valence-corrected chi connectivity index (χ3v) is 3.02. The van der Waals surface area contributed by atoms with Gasteiger partial charge >= 0.3 is 14.0 Å². The molecule has 11 heteroatoms. The van der Waals surface area contributed by atoms with Gasteiger partial charge in [-0.05, 0) is 6.42 Å². The van der Waals surface area contributed by atoms with Crippen LogP contribution in [0.4, 0.5) is 13.2 Å². The summed E-state index contributed by atoms with van der Waals surface area (Å²) in [6.45, 7) is 3.16. The van der Waals surface area contributed by atoms with Crippen LogP contribution >= 0.6 is 7.82 Å². The van der Waals surface area contributed by atoms with Gasteiger partial charge in [0.1, 0.15) is 19.1 Å². The molecule has 134 valence electrons. The van der Waals surface area contributed by atoms with Gasteiger partial charge in [0.05, 0.1) is 27.7 Å². The Labute approximate surface area is 127 Å². The molecule has 0 rings (SSSR count). The lowest BCUT2D eigenvalue weighted by molar-refractivity contribution is -0.870. The minimum Gasteiger partial charge on any atom is -0.542 e. The molecule has 1 atom stereocenters. The average molecular weight is 353 g/mol. The first-order chi connectivity index (χ1) is 9.71. The van der Waals surface area contributed by atoms with Crippen molar-refractivity contribution in [2.45, 2.75) is 25.9 Å². The topological polar surface area (TPSA) is 95.9 Å². The van der Waals surface area contributed by atoms with E-state index in [0.29, 0.717) is 11.0 Å². The predicted octanol–water partition coefficient (Wildman–Crippen LogP) is 0.925. The minimum atomic E-state index is -5.19. The molecule has 22 heavy (non-hydrogen) atoms. The molecule has 1 N–H and O–H groups in total. The lowest BCUT2D eigenvalue weighted by Gasteiger charge is -2.23. The van der Waals surface area contributed by atoms with Crippen molar-refractivity contribution in [1.29, 1.82) is 0 Å². The normalized spacial score (nSPS) is 14.7. The lowest BCUT2D eigenvalue weighted by Crippen LogP contribution is -2.37. The lowest BCUT2D eigenvalue weighted by atomic mass is 10.4. The number of hydrogen-bond donors (Lipinski definition) is 1. The van der Waals surface area contributed by atoms with Crippen molar-refractivity contribution in [2.24, 2.45) is 0 Å². The number of hydrogen-bond acceptors (Lipinski definition) is 5. The van der Waals surface area contributed by atoms with Gasteiger partial charge in [-0.3, -0.25) is 9.05 Å². The predicted molar refractivity (Wildman–Crippen MR) is 70.6 cm³/mol. The van der Waals surface area contributed by atoms with Crippen LogP contribution in [0.1, 0.15) is 19.8 Å². The smallest absolute Gasteiger partial charge is 0.472 e. The maximum absolute atomic E-state index is 11.3. The summed E-state index contributed by atoms with van der Waals surface area (Å²) in [4.78, 5) is 18.0. The standard InChI is InChI=1S/C9H22NO4P.C2HF3O2/c1-5-6-8-13-15(11,12)14-9-7-10(2,3)4;3-2(4,5)1(6)7/h5-9H2,1-4H3;(H,6,7). The van der Waals surface area contributed by atoms with E-state index in [0.717, 1.165) is 12.8 Å². The molecule has 0 aliphatic rings. The van der Waals surface area contributed by atoms with Crippen molar-refractivity contribution in [3.05, 3.63) is 0 Å². The number of unbranched alkanes of at least 4 members (excludes halogenated alkanes) is 1. The summed E-state index contributed by atoms with van der Waals surface area (Å²) in [6.07, 6.45) is -3.50. The van der Waals surface area contributed by atoms with E-state index in [1.165, 1.54) is 0 Å². The van der Waals surface area contributed by atoms with E-state index in [4.69, 9.17) is 18.9 Å². The van der Waals surface area contributed by atoms with E-state index in [9.17, 15) is 22.6 Å². The second kappa shape index (κ2) is 10.2. The number of carboxylic acids is 1. The fourth-order valence-corrected chi connectivity index (χ4v) is 1.54. The van der Waals surface area contributed by atoms with Gasteiger partial charge in [-0.1, -0.05) is 13.3 Å². The summed E-state index contributed by atoms with van der Waals surface area (Å²) in [5.41, 5.74) is 0. The number of quaternary nitrogens is 1. The molecule has 0 aliphatic carbocycles. The summed E-state index contributed by atoms with van der Waals surface area (Å²) < 4.78 is 53.1. The monoisotopic (exact) mass is 353 g/mol. The van der Waals surface area contributed by atoms with Crippen LogP contribution in [-0.2, 0) is 18.4 Å². The molecule has 0 saturated carbocycles. The van der Waals surface area contributed by atoms with Gasteiger partial charge in [0.15, 0.2) is 0 Å². The fraction of sp³-hybridized carbons (Fsp3) is 0.909. The second-order valence-corrected chi connectivity index (χ2v) is 6.74. The van der Waals surface area contributed by atoms with Crippen molar-refractivity contribution in [3.8, 4) is 0 Å². The Bertz CT molecular complexity index is 370. The highest BCUT2D eigenvalue weighted by atomic mass is 31.2. The van der Waals surface area contributed by atoms with Crippen LogP contribution < -0.4 is 5.11 Å². The molecule has 0 aromatic rings. The first-order valence-electron chi connectivity index (χ1n) is 6.42. The third kappa shape index (κ3) is 17.4. The molecule has 7 nitrogen and oxygen atoms in total. The van der Waals surface area contributed by atoms with Gasteiger partial charge in [0.2, 0.25) is 0 Å². The zero-order valence-electron chi connectivity index (χ0n) is 13.1. The van der Waals surface area contributed by atoms with E-state index in [1.54, 1.807) is 0 Å². The van der Waals surface area contributed by atoms with Gasteiger partial charge < -0.3 is 19.3 Å². The molecule has 0 bridgehead atoms.